The van der Waals surface area contributed by atoms with Gasteiger partial charge < -0.3 is 9.84 Å². The van der Waals surface area contributed by atoms with Gasteiger partial charge in [0, 0.05) is 6.42 Å². The van der Waals surface area contributed by atoms with E-state index in [1.54, 1.807) is 0 Å². The van der Waals surface area contributed by atoms with Gasteiger partial charge in [-0.2, -0.15) is 0 Å². The summed E-state index contributed by atoms with van der Waals surface area (Å²) in [5, 5.41) is 11.0. The van der Waals surface area contributed by atoms with Crippen LogP contribution in [0.5, 0.6) is 0 Å². The van der Waals surface area contributed by atoms with Crippen LogP contribution in [0.25, 0.3) is 0 Å². The van der Waals surface area contributed by atoms with E-state index in [0.29, 0.717) is 25.9 Å². The first-order valence-electron chi connectivity index (χ1n) is 8.14. The third kappa shape index (κ3) is 3.01. The molecule has 3 atom stereocenters. The lowest BCUT2D eigenvalue weighted by molar-refractivity contribution is -0.134. The van der Waals surface area contributed by atoms with Gasteiger partial charge in [-0.25, -0.2) is 0 Å². The van der Waals surface area contributed by atoms with E-state index in [1.807, 2.05) is 6.07 Å². The largest absolute Gasteiger partial charge is 0.385 e. The number of Topliss-reactive ketones (excluding diaryl/α,β-unsaturated/α-hetero) is 1. The number of aryl methyl sites for hydroxylation is 1. The van der Waals surface area contributed by atoms with E-state index in [4.69, 9.17) is 4.74 Å². The zero-order chi connectivity index (χ0) is 15.6. The van der Waals surface area contributed by atoms with Crippen LogP contribution >= 0.6 is 15.9 Å². The Morgan fingerprint density at radius 1 is 1.23 bits per heavy atom. The van der Waals surface area contributed by atoms with Gasteiger partial charge in [-0.15, -0.1) is 0 Å². The van der Waals surface area contributed by atoms with Crippen molar-refractivity contribution in [3.05, 3.63) is 35.9 Å². The van der Waals surface area contributed by atoms with Crippen LogP contribution in [0.15, 0.2) is 30.3 Å². The molecule has 1 heterocycles. The number of ether oxygens (including phenoxy) is 1. The van der Waals surface area contributed by atoms with Crippen LogP contribution in [0.3, 0.4) is 0 Å². The fourth-order valence-corrected chi connectivity index (χ4v) is 4.42. The van der Waals surface area contributed by atoms with Crippen LogP contribution < -0.4 is 0 Å². The minimum Gasteiger partial charge on any atom is -0.385 e. The van der Waals surface area contributed by atoms with E-state index in [0.717, 1.165) is 25.7 Å². The number of hydrogen-bond donors (Lipinski definition) is 1. The van der Waals surface area contributed by atoms with Gasteiger partial charge in [0.25, 0.3) is 0 Å². The standard InChI is InChI=1S/C18H23BrO3/c19-16-15(20)10-12-17(13-22-17)18(16,21)11-6-2-5-9-14-7-3-1-4-8-14/h1,3-4,7-8,16,21H,2,5-6,9-13H2. The van der Waals surface area contributed by atoms with Crippen LogP contribution in [-0.4, -0.2) is 33.5 Å². The zero-order valence-electron chi connectivity index (χ0n) is 12.8. The molecule has 0 radical (unpaired) electrons. The maximum atomic E-state index is 11.9. The first-order chi connectivity index (χ1) is 10.6. The van der Waals surface area contributed by atoms with Crippen LogP contribution in [0.4, 0.5) is 0 Å². The fourth-order valence-electron chi connectivity index (χ4n) is 3.55. The molecule has 2 fully saturated rings. The molecule has 3 unspecified atom stereocenters. The smallest absolute Gasteiger partial charge is 0.149 e. The lowest BCUT2D eigenvalue weighted by atomic mass is 9.72. The Hall–Kier alpha value is -0.710. The summed E-state index contributed by atoms with van der Waals surface area (Å²) in [5.74, 6) is 0.105. The van der Waals surface area contributed by atoms with E-state index < -0.39 is 16.0 Å². The molecule has 120 valence electrons. The number of rotatable bonds is 6. The molecule has 1 aromatic rings. The van der Waals surface area contributed by atoms with E-state index in [9.17, 15) is 9.90 Å². The Bertz CT molecular complexity index is 526. The highest BCUT2D eigenvalue weighted by Crippen LogP contribution is 2.52. The number of epoxide rings is 1. The van der Waals surface area contributed by atoms with Crippen molar-refractivity contribution in [3.8, 4) is 0 Å². The third-order valence-electron chi connectivity index (χ3n) is 5.13. The van der Waals surface area contributed by atoms with Crippen LogP contribution in [-0.2, 0) is 16.0 Å². The van der Waals surface area contributed by atoms with Crippen molar-refractivity contribution in [2.75, 3.05) is 6.61 Å². The monoisotopic (exact) mass is 366 g/mol. The van der Waals surface area contributed by atoms with Gasteiger partial charge in [0.05, 0.1) is 6.61 Å². The molecule has 1 spiro atoms. The van der Waals surface area contributed by atoms with Crippen LogP contribution in [0.2, 0.25) is 0 Å². The normalized spacial score (nSPS) is 34.1. The topological polar surface area (TPSA) is 49.8 Å². The van der Waals surface area contributed by atoms with E-state index >= 15 is 0 Å². The summed E-state index contributed by atoms with van der Waals surface area (Å²) in [7, 11) is 0. The molecule has 2 aliphatic rings. The van der Waals surface area contributed by atoms with Gasteiger partial charge in [-0.05, 0) is 31.2 Å². The quantitative estimate of drug-likeness (QED) is 0.476. The lowest BCUT2D eigenvalue weighted by Crippen LogP contribution is -2.58. The van der Waals surface area contributed by atoms with Crippen molar-refractivity contribution in [2.45, 2.75) is 61.0 Å². The third-order valence-corrected chi connectivity index (χ3v) is 6.39. The summed E-state index contributed by atoms with van der Waals surface area (Å²) in [5.41, 5.74) is -0.140. The maximum Gasteiger partial charge on any atom is 0.149 e. The van der Waals surface area contributed by atoms with E-state index in [1.165, 1.54) is 5.56 Å². The molecule has 3 nitrogen and oxygen atoms in total. The molecular formula is C18H23BrO3. The minimum atomic E-state index is -1.03. The van der Waals surface area contributed by atoms with Crippen molar-refractivity contribution >= 4 is 21.7 Å². The zero-order valence-corrected chi connectivity index (χ0v) is 14.3. The average Bonchev–Trinajstić information content (AvgIpc) is 3.32. The Labute approximate surface area is 140 Å². The van der Waals surface area contributed by atoms with E-state index in [-0.39, 0.29) is 5.78 Å². The van der Waals surface area contributed by atoms with Crippen molar-refractivity contribution in [1.29, 1.82) is 0 Å². The molecule has 1 saturated heterocycles. The van der Waals surface area contributed by atoms with Gasteiger partial charge in [-0.1, -0.05) is 59.1 Å². The molecule has 1 aliphatic carbocycles. The molecular weight excluding hydrogens is 344 g/mol. The maximum absolute atomic E-state index is 11.9. The second kappa shape index (κ2) is 6.42. The predicted octanol–water partition coefficient (Wildman–Crippen LogP) is 3.42. The number of carbonyl (C=O) groups excluding carboxylic acids is 1. The predicted molar refractivity (Wildman–Crippen MR) is 89.2 cm³/mol. The highest BCUT2D eigenvalue weighted by Gasteiger charge is 2.66. The minimum absolute atomic E-state index is 0.105. The molecule has 3 rings (SSSR count). The number of unbranched alkanes of at least 4 members (excludes halogenated alkanes) is 2. The summed E-state index contributed by atoms with van der Waals surface area (Å²) < 4.78 is 5.57. The highest BCUT2D eigenvalue weighted by molar-refractivity contribution is 9.10. The summed E-state index contributed by atoms with van der Waals surface area (Å²) in [6.07, 6.45) is 5.95. The first-order valence-corrected chi connectivity index (χ1v) is 9.06. The number of aliphatic hydroxyl groups is 1. The molecule has 0 amide bonds. The average molecular weight is 367 g/mol. The SMILES string of the molecule is O=C1CCC2(CO2)C(O)(CCCCCc2ccccc2)C1Br. The number of halogens is 1. The number of alkyl halides is 1. The van der Waals surface area contributed by atoms with Crippen LogP contribution in [0, 0.1) is 0 Å². The summed E-state index contributed by atoms with van der Waals surface area (Å²) in [6, 6.07) is 10.5. The Kier molecular flexibility index (Phi) is 4.72. The molecule has 1 saturated carbocycles. The number of ketones is 1. The Balaban J connectivity index is 1.48. The van der Waals surface area contributed by atoms with Crippen molar-refractivity contribution in [1.82, 2.24) is 0 Å². The number of hydrogen-bond acceptors (Lipinski definition) is 3. The second-order valence-corrected chi connectivity index (χ2v) is 7.50. The molecule has 22 heavy (non-hydrogen) atoms. The first kappa shape index (κ1) is 16.2. The lowest BCUT2D eigenvalue weighted by Gasteiger charge is -2.41. The van der Waals surface area contributed by atoms with Gasteiger partial charge in [0.15, 0.2) is 0 Å². The highest BCUT2D eigenvalue weighted by atomic mass is 79.9. The number of carbonyl (C=O) groups is 1. The summed E-state index contributed by atoms with van der Waals surface area (Å²) in [6.45, 7) is 0.586. The number of benzene rings is 1. The summed E-state index contributed by atoms with van der Waals surface area (Å²) in [4.78, 5) is 11.5. The van der Waals surface area contributed by atoms with E-state index in [2.05, 4.69) is 40.2 Å². The molecule has 1 N–H and O–H groups in total. The van der Waals surface area contributed by atoms with Gasteiger partial charge in [0.2, 0.25) is 0 Å². The molecule has 0 aromatic heterocycles. The Morgan fingerprint density at radius 2 is 1.95 bits per heavy atom. The van der Waals surface area contributed by atoms with Gasteiger partial charge in [0.1, 0.15) is 21.8 Å². The molecule has 4 heteroatoms. The molecule has 1 aromatic carbocycles. The molecule has 0 bridgehead atoms. The molecule has 1 aliphatic heterocycles. The van der Waals surface area contributed by atoms with Crippen LogP contribution in [0.1, 0.15) is 44.1 Å². The van der Waals surface area contributed by atoms with Gasteiger partial charge in [-0.3, -0.25) is 4.79 Å². The van der Waals surface area contributed by atoms with Crippen molar-refractivity contribution in [3.63, 3.8) is 0 Å². The second-order valence-electron chi connectivity index (χ2n) is 6.58. The Morgan fingerprint density at radius 3 is 2.64 bits per heavy atom. The van der Waals surface area contributed by atoms with Crippen molar-refractivity contribution in [2.24, 2.45) is 0 Å². The summed E-state index contributed by atoms with van der Waals surface area (Å²) >= 11 is 3.42. The van der Waals surface area contributed by atoms with Gasteiger partial charge >= 0.3 is 0 Å². The van der Waals surface area contributed by atoms with Crippen molar-refractivity contribution < 1.29 is 14.6 Å². The fraction of sp³-hybridized carbons (Fsp3) is 0.611.